The van der Waals surface area contributed by atoms with E-state index >= 15 is 0 Å². The molecular formula is C19H27N3O3. The van der Waals surface area contributed by atoms with Crippen LogP contribution in [0.25, 0.3) is 0 Å². The van der Waals surface area contributed by atoms with Gasteiger partial charge in [0.25, 0.3) is 5.56 Å². The first kappa shape index (κ1) is 17.7. The molecule has 136 valence electrons. The van der Waals surface area contributed by atoms with Crippen LogP contribution in [-0.4, -0.2) is 20.6 Å². The standard InChI is InChI=1S/C19H27N3O3/c1-5-15-6-7-17(25-15)16-10-13(2)8-9-22(16)12-14-11-20(3)19(24)21(4)18(14)23/h6-7,11,13,16H,5,8-10,12H2,1-4H3/t13-,16+/m1/s1. The number of furan rings is 1. The summed E-state index contributed by atoms with van der Waals surface area (Å²) in [5.74, 6) is 2.59. The van der Waals surface area contributed by atoms with Crippen LogP contribution >= 0.6 is 0 Å². The smallest absolute Gasteiger partial charge is 0.330 e. The topological polar surface area (TPSA) is 60.4 Å². The molecule has 2 aromatic heterocycles. The largest absolute Gasteiger partial charge is 0.464 e. The molecule has 0 saturated carbocycles. The molecule has 1 aliphatic heterocycles. The summed E-state index contributed by atoms with van der Waals surface area (Å²) in [5.41, 5.74) is 0.136. The van der Waals surface area contributed by atoms with Crippen molar-refractivity contribution in [3.05, 3.63) is 56.3 Å². The first-order chi connectivity index (χ1) is 11.9. The average molecular weight is 345 g/mol. The lowest BCUT2D eigenvalue weighted by Crippen LogP contribution is -2.42. The normalized spacial score (nSPS) is 21.6. The molecule has 0 aliphatic carbocycles. The molecule has 6 heteroatoms. The fourth-order valence-corrected chi connectivity index (χ4v) is 3.65. The van der Waals surface area contributed by atoms with Crippen molar-refractivity contribution in [1.82, 2.24) is 14.0 Å². The third-order valence-electron chi connectivity index (χ3n) is 5.23. The predicted molar refractivity (Wildman–Crippen MR) is 96.6 cm³/mol. The summed E-state index contributed by atoms with van der Waals surface area (Å²) in [6.45, 7) is 5.79. The van der Waals surface area contributed by atoms with E-state index in [4.69, 9.17) is 4.42 Å². The number of likely N-dealkylation sites (tertiary alicyclic amines) is 1. The number of rotatable bonds is 4. The van der Waals surface area contributed by atoms with Crippen LogP contribution in [0, 0.1) is 5.92 Å². The Morgan fingerprint density at radius 2 is 2.00 bits per heavy atom. The van der Waals surface area contributed by atoms with Gasteiger partial charge in [-0.05, 0) is 37.4 Å². The van der Waals surface area contributed by atoms with Crippen LogP contribution in [0.15, 0.2) is 32.3 Å². The third-order valence-corrected chi connectivity index (χ3v) is 5.23. The average Bonchev–Trinajstić information content (AvgIpc) is 3.08. The second-order valence-electron chi connectivity index (χ2n) is 7.19. The van der Waals surface area contributed by atoms with E-state index in [9.17, 15) is 9.59 Å². The Labute approximate surface area is 147 Å². The van der Waals surface area contributed by atoms with Crippen LogP contribution in [0.3, 0.4) is 0 Å². The first-order valence-corrected chi connectivity index (χ1v) is 8.98. The van der Waals surface area contributed by atoms with Gasteiger partial charge in [0.1, 0.15) is 11.5 Å². The zero-order valence-electron chi connectivity index (χ0n) is 15.5. The summed E-state index contributed by atoms with van der Waals surface area (Å²) in [6, 6.07) is 4.27. The van der Waals surface area contributed by atoms with Gasteiger partial charge in [-0.3, -0.25) is 14.3 Å². The molecule has 2 aromatic rings. The highest BCUT2D eigenvalue weighted by atomic mass is 16.3. The van der Waals surface area contributed by atoms with Crippen molar-refractivity contribution in [3.8, 4) is 0 Å². The van der Waals surface area contributed by atoms with E-state index in [-0.39, 0.29) is 17.3 Å². The van der Waals surface area contributed by atoms with Crippen molar-refractivity contribution < 1.29 is 4.42 Å². The van der Waals surface area contributed by atoms with Gasteiger partial charge in [0, 0.05) is 38.8 Å². The number of hydrogen-bond acceptors (Lipinski definition) is 4. The Kier molecular flexibility index (Phi) is 4.99. The van der Waals surface area contributed by atoms with Crippen molar-refractivity contribution in [2.75, 3.05) is 6.54 Å². The van der Waals surface area contributed by atoms with Gasteiger partial charge in [-0.25, -0.2) is 4.79 Å². The van der Waals surface area contributed by atoms with E-state index in [1.165, 1.54) is 16.2 Å². The van der Waals surface area contributed by atoms with Gasteiger partial charge in [0.05, 0.1) is 6.04 Å². The molecule has 1 fully saturated rings. The zero-order valence-corrected chi connectivity index (χ0v) is 15.5. The van der Waals surface area contributed by atoms with Crippen LogP contribution in [-0.2, 0) is 27.1 Å². The number of hydrogen-bond donors (Lipinski definition) is 0. The molecule has 1 aliphatic rings. The van der Waals surface area contributed by atoms with Gasteiger partial charge >= 0.3 is 5.69 Å². The maximum absolute atomic E-state index is 12.5. The monoisotopic (exact) mass is 345 g/mol. The molecule has 6 nitrogen and oxygen atoms in total. The lowest BCUT2D eigenvalue weighted by Gasteiger charge is -2.37. The highest BCUT2D eigenvalue weighted by Crippen LogP contribution is 2.35. The van der Waals surface area contributed by atoms with Gasteiger partial charge in [0.15, 0.2) is 0 Å². The second-order valence-corrected chi connectivity index (χ2v) is 7.19. The minimum atomic E-state index is -0.295. The Bertz CT molecular complexity index is 862. The van der Waals surface area contributed by atoms with Gasteiger partial charge in [-0.2, -0.15) is 0 Å². The Morgan fingerprint density at radius 1 is 1.24 bits per heavy atom. The minimum absolute atomic E-state index is 0.172. The van der Waals surface area contributed by atoms with Crippen molar-refractivity contribution in [2.45, 2.75) is 45.7 Å². The fraction of sp³-hybridized carbons (Fsp3) is 0.579. The number of piperidine rings is 1. The predicted octanol–water partition coefficient (Wildman–Crippen LogP) is 2.21. The van der Waals surface area contributed by atoms with E-state index in [0.717, 1.165) is 37.3 Å². The summed E-state index contributed by atoms with van der Waals surface area (Å²) in [6.07, 6.45) is 4.66. The number of aromatic nitrogens is 2. The maximum Gasteiger partial charge on any atom is 0.330 e. The van der Waals surface area contributed by atoms with Crippen LogP contribution in [0.2, 0.25) is 0 Å². The molecule has 1 saturated heterocycles. The second kappa shape index (κ2) is 7.04. The van der Waals surface area contributed by atoms with E-state index in [0.29, 0.717) is 18.0 Å². The molecule has 0 radical (unpaired) electrons. The summed E-state index contributed by atoms with van der Waals surface area (Å²) in [4.78, 5) is 26.7. The SMILES string of the molecule is CCc1ccc([C@@H]2C[C@H](C)CCN2Cc2cn(C)c(=O)n(C)c2=O)o1. The number of aryl methyl sites for hydroxylation is 2. The lowest BCUT2D eigenvalue weighted by atomic mass is 9.91. The number of nitrogens with zero attached hydrogens (tertiary/aromatic N) is 3. The van der Waals surface area contributed by atoms with Gasteiger partial charge in [-0.1, -0.05) is 13.8 Å². The highest BCUT2D eigenvalue weighted by molar-refractivity contribution is 5.13. The molecular weight excluding hydrogens is 318 g/mol. The third kappa shape index (κ3) is 3.49. The molecule has 3 heterocycles. The van der Waals surface area contributed by atoms with Crippen molar-refractivity contribution in [3.63, 3.8) is 0 Å². The highest BCUT2D eigenvalue weighted by Gasteiger charge is 2.30. The van der Waals surface area contributed by atoms with Gasteiger partial charge in [0.2, 0.25) is 0 Å². The molecule has 3 rings (SSSR count). The fourth-order valence-electron chi connectivity index (χ4n) is 3.65. The Balaban J connectivity index is 1.92. The van der Waals surface area contributed by atoms with Crippen LogP contribution in [0.5, 0.6) is 0 Å². The summed E-state index contributed by atoms with van der Waals surface area (Å²) >= 11 is 0. The molecule has 0 N–H and O–H groups in total. The zero-order chi connectivity index (χ0) is 18.1. The maximum atomic E-state index is 12.5. The molecule has 2 atom stereocenters. The molecule has 0 spiro atoms. The quantitative estimate of drug-likeness (QED) is 0.852. The van der Waals surface area contributed by atoms with Crippen LogP contribution in [0.4, 0.5) is 0 Å². The molecule has 0 unspecified atom stereocenters. The van der Waals surface area contributed by atoms with E-state index in [2.05, 4.69) is 24.8 Å². The van der Waals surface area contributed by atoms with E-state index in [1.54, 1.807) is 13.2 Å². The van der Waals surface area contributed by atoms with Crippen LogP contribution in [0.1, 0.15) is 49.8 Å². The van der Waals surface area contributed by atoms with E-state index in [1.807, 2.05) is 6.07 Å². The lowest BCUT2D eigenvalue weighted by molar-refractivity contribution is 0.0927. The summed E-state index contributed by atoms with van der Waals surface area (Å²) in [7, 11) is 3.21. The Morgan fingerprint density at radius 3 is 2.68 bits per heavy atom. The summed E-state index contributed by atoms with van der Waals surface area (Å²) < 4.78 is 8.66. The molecule has 0 aromatic carbocycles. The van der Waals surface area contributed by atoms with E-state index < -0.39 is 0 Å². The molecule has 25 heavy (non-hydrogen) atoms. The Hall–Kier alpha value is -2.08. The van der Waals surface area contributed by atoms with Gasteiger partial charge < -0.3 is 8.98 Å². The van der Waals surface area contributed by atoms with Crippen LogP contribution < -0.4 is 11.2 Å². The molecule has 0 amide bonds. The van der Waals surface area contributed by atoms with Gasteiger partial charge in [-0.15, -0.1) is 0 Å². The first-order valence-electron chi connectivity index (χ1n) is 8.98. The molecule has 0 bridgehead atoms. The van der Waals surface area contributed by atoms with Crippen molar-refractivity contribution in [1.29, 1.82) is 0 Å². The van der Waals surface area contributed by atoms with Crippen molar-refractivity contribution >= 4 is 0 Å². The minimum Gasteiger partial charge on any atom is -0.464 e. The van der Waals surface area contributed by atoms with Crippen molar-refractivity contribution in [2.24, 2.45) is 20.0 Å². The summed E-state index contributed by atoms with van der Waals surface area (Å²) in [5, 5.41) is 0.